The number of amides is 3. The van der Waals surface area contributed by atoms with Gasteiger partial charge in [0.2, 0.25) is 11.8 Å². The van der Waals surface area contributed by atoms with Crippen LogP contribution in [0.3, 0.4) is 0 Å². The molecule has 0 saturated carbocycles. The Labute approximate surface area is 200 Å². The van der Waals surface area contributed by atoms with Crippen molar-refractivity contribution in [3.05, 3.63) is 53.1 Å². The van der Waals surface area contributed by atoms with E-state index in [1.54, 1.807) is 42.5 Å². The number of carbonyl (C=O) groups excluding carboxylic acids is 3. The van der Waals surface area contributed by atoms with Gasteiger partial charge >= 0.3 is 0 Å². The van der Waals surface area contributed by atoms with E-state index < -0.39 is 0 Å². The van der Waals surface area contributed by atoms with E-state index in [9.17, 15) is 14.4 Å². The summed E-state index contributed by atoms with van der Waals surface area (Å²) < 4.78 is 0. The number of anilines is 3. The molecule has 0 aliphatic carbocycles. The summed E-state index contributed by atoms with van der Waals surface area (Å²) in [7, 11) is 0. The minimum absolute atomic E-state index is 0.00112. The Hall–Kier alpha value is -3.06. The zero-order chi connectivity index (χ0) is 24.2. The topological polar surface area (TPSA) is 90.5 Å². The van der Waals surface area contributed by atoms with Gasteiger partial charge in [0, 0.05) is 36.4 Å². The molecular weight excluding hydrogens is 440 g/mol. The lowest BCUT2D eigenvalue weighted by atomic mass is 10.1. The molecule has 0 saturated heterocycles. The van der Waals surface area contributed by atoms with Gasteiger partial charge in [-0.15, -0.1) is 0 Å². The third-order valence-corrected chi connectivity index (χ3v) is 5.19. The molecule has 0 unspecified atom stereocenters. The first-order chi connectivity index (χ1) is 15.9. The first kappa shape index (κ1) is 26.2. The van der Waals surface area contributed by atoms with Crippen LogP contribution >= 0.6 is 11.6 Å². The van der Waals surface area contributed by atoms with E-state index in [1.807, 2.05) is 11.8 Å². The van der Waals surface area contributed by atoms with Crippen molar-refractivity contribution in [3.63, 3.8) is 0 Å². The number of nitrogens with one attached hydrogen (secondary N) is 3. The minimum Gasteiger partial charge on any atom is -0.375 e. The van der Waals surface area contributed by atoms with Crippen LogP contribution in [0.15, 0.2) is 42.5 Å². The molecule has 2 rings (SSSR count). The van der Waals surface area contributed by atoms with Crippen LogP contribution in [0, 0.1) is 0 Å². The summed E-state index contributed by atoms with van der Waals surface area (Å²) in [5, 5.41) is 9.05. The first-order valence-corrected chi connectivity index (χ1v) is 11.8. The molecule has 0 spiro atoms. The molecule has 0 aliphatic rings. The lowest BCUT2D eigenvalue weighted by Crippen LogP contribution is -2.32. The number of halogens is 1. The molecule has 178 valence electrons. The lowest BCUT2D eigenvalue weighted by Gasteiger charge is -2.21. The number of rotatable bonds is 12. The number of carbonyl (C=O) groups is 3. The molecule has 7 nitrogen and oxygen atoms in total. The number of nitrogens with zero attached hydrogens (tertiary/aromatic N) is 1. The number of hydrogen-bond donors (Lipinski definition) is 3. The maximum Gasteiger partial charge on any atom is 0.253 e. The predicted molar refractivity (Wildman–Crippen MR) is 135 cm³/mol. The highest BCUT2D eigenvalue weighted by molar-refractivity contribution is 6.33. The molecule has 8 heteroatoms. The highest BCUT2D eigenvalue weighted by Crippen LogP contribution is 2.25. The first-order valence-electron chi connectivity index (χ1n) is 11.4. The lowest BCUT2D eigenvalue weighted by molar-refractivity contribution is -0.116. The molecule has 3 N–H and O–H groups in total. The molecule has 3 amide bonds. The molecular formula is C25H33ClN4O3. The van der Waals surface area contributed by atoms with Crippen molar-refractivity contribution < 1.29 is 14.4 Å². The molecule has 0 heterocycles. The van der Waals surface area contributed by atoms with Gasteiger partial charge in [0.15, 0.2) is 0 Å². The second-order valence-electron chi connectivity index (χ2n) is 7.76. The average Bonchev–Trinajstić information content (AvgIpc) is 2.79. The van der Waals surface area contributed by atoms with Gasteiger partial charge < -0.3 is 20.9 Å². The van der Waals surface area contributed by atoms with E-state index in [2.05, 4.69) is 29.8 Å². The predicted octanol–water partition coefficient (Wildman–Crippen LogP) is 5.39. The molecule has 0 aliphatic heterocycles. The maximum absolute atomic E-state index is 12.7. The highest BCUT2D eigenvalue weighted by Gasteiger charge is 2.14. The smallest absolute Gasteiger partial charge is 0.253 e. The monoisotopic (exact) mass is 472 g/mol. The van der Waals surface area contributed by atoms with Crippen LogP contribution in [0.5, 0.6) is 0 Å². The second kappa shape index (κ2) is 13.5. The van der Waals surface area contributed by atoms with Crippen molar-refractivity contribution in [1.82, 2.24) is 4.90 Å². The molecule has 0 radical (unpaired) electrons. The Kier molecular flexibility index (Phi) is 10.7. The standard InChI is InChI=1S/C25H33ClN4O3/c1-4-7-23(31)29-20-12-13-21(26)22(16-20)27-17-24(32)28-19-10-8-18(9-11-19)25(33)30(14-5-2)15-6-3/h8-13,16,27H,4-7,14-15,17H2,1-3H3,(H,28,32)(H,29,31). The van der Waals surface area contributed by atoms with Crippen LogP contribution in [-0.2, 0) is 9.59 Å². The van der Waals surface area contributed by atoms with Gasteiger partial charge in [-0.3, -0.25) is 14.4 Å². The van der Waals surface area contributed by atoms with Crippen LogP contribution < -0.4 is 16.0 Å². The van der Waals surface area contributed by atoms with Crippen molar-refractivity contribution in [3.8, 4) is 0 Å². The molecule has 0 aromatic heterocycles. The van der Waals surface area contributed by atoms with Crippen molar-refractivity contribution in [2.75, 3.05) is 35.6 Å². The Bertz CT molecular complexity index is 941. The van der Waals surface area contributed by atoms with Crippen LogP contribution in [0.1, 0.15) is 56.8 Å². The summed E-state index contributed by atoms with van der Waals surface area (Å²) in [5.74, 6) is -0.332. The van der Waals surface area contributed by atoms with Crippen molar-refractivity contribution in [1.29, 1.82) is 0 Å². The fourth-order valence-electron chi connectivity index (χ4n) is 3.30. The molecule has 0 fully saturated rings. The van der Waals surface area contributed by atoms with E-state index >= 15 is 0 Å². The van der Waals surface area contributed by atoms with Gasteiger partial charge in [0.25, 0.3) is 5.91 Å². The van der Waals surface area contributed by atoms with Crippen molar-refractivity contribution in [2.24, 2.45) is 0 Å². The number of hydrogen-bond acceptors (Lipinski definition) is 4. The Morgan fingerprint density at radius 2 is 1.42 bits per heavy atom. The summed E-state index contributed by atoms with van der Waals surface area (Å²) in [5.41, 5.74) is 2.36. The van der Waals surface area contributed by atoms with E-state index in [0.29, 0.717) is 34.1 Å². The molecule has 2 aromatic carbocycles. The van der Waals surface area contributed by atoms with Gasteiger partial charge in [-0.25, -0.2) is 0 Å². The maximum atomic E-state index is 12.7. The summed E-state index contributed by atoms with van der Waals surface area (Å²) in [6, 6.07) is 12.0. The Morgan fingerprint density at radius 1 is 0.818 bits per heavy atom. The molecule has 0 bridgehead atoms. The van der Waals surface area contributed by atoms with E-state index in [4.69, 9.17) is 11.6 Å². The van der Waals surface area contributed by atoms with Gasteiger partial charge in [-0.1, -0.05) is 32.4 Å². The van der Waals surface area contributed by atoms with Crippen molar-refractivity contribution in [2.45, 2.75) is 46.5 Å². The quantitative estimate of drug-likeness (QED) is 0.386. The number of benzene rings is 2. The van der Waals surface area contributed by atoms with Crippen LogP contribution in [0.2, 0.25) is 5.02 Å². The van der Waals surface area contributed by atoms with E-state index in [1.165, 1.54) is 0 Å². The zero-order valence-corrected chi connectivity index (χ0v) is 20.3. The minimum atomic E-state index is -0.260. The van der Waals surface area contributed by atoms with Crippen LogP contribution in [0.25, 0.3) is 0 Å². The molecule has 2 aromatic rings. The SMILES string of the molecule is CCCC(=O)Nc1ccc(Cl)c(NCC(=O)Nc2ccc(C(=O)N(CCC)CCC)cc2)c1. The zero-order valence-electron chi connectivity index (χ0n) is 19.5. The van der Waals surface area contributed by atoms with Crippen LogP contribution in [0.4, 0.5) is 17.1 Å². The van der Waals surface area contributed by atoms with E-state index in [-0.39, 0.29) is 24.3 Å². The van der Waals surface area contributed by atoms with Crippen LogP contribution in [-0.4, -0.2) is 42.3 Å². The average molecular weight is 473 g/mol. The normalized spacial score (nSPS) is 10.4. The molecule has 0 atom stereocenters. The largest absolute Gasteiger partial charge is 0.375 e. The summed E-state index contributed by atoms with van der Waals surface area (Å²) in [4.78, 5) is 38.7. The Morgan fingerprint density at radius 3 is 2.03 bits per heavy atom. The van der Waals surface area contributed by atoms with E-state index in [0.717, 1.165) is 32.4 Å². The van der Waals surface area contributed by atoms with Crippen molar-refractivity contribution >= 4 is 46.4 Å². The summed E-state index contributed by atoms with van der Waals surface area (Å²) in [6.07, 6.45) is 3.01. The highest BCUT2D eigenvalue weighted by atomic mass is 35.5. The third kappa shape index (κ3) is 8.42. The Balaban J connectivity index is 1.93. The van der Waals surface area contributed by atoms with Gasteiger partial charge in [0.05, 0.1) is 17.3 Å². The fourth-order valence-corrected chi connectivity index (χ4v) is 3.49. The van der Waals surface area contributed by atoms with Gasteiger partial charge in [-0.2, -0.15) is 0 Å². The second-order valence-corrected chi connectivity index (χ2v) is 8.17. The molecule has 33 heavy (non-hydrogen) atoms. The third-order valence-electron chi connectivity index (χ3n) is 4.86. The van der Waals surface area contributed by atoms with Gasteiger partial charge in [-0.05, 0) is 61.7 Å². The summed E-state index contributed by atoms with van der Waals surface area (Å²) in [6.45, 7) is 7.48. The summed E-state index contributed by atoms with van der Waals surface area (Å²) >= 11 is 6.21. The van der Waals surface area contributed by atoms with Gasteiger partial charge in [0.1, 0.15) is 0 Å². The fraction of sp³-hybridized carbons (Fsp3) is 0.400.